The Balaban J connectivity index is 1.49. The maximum absolute atomic E-state index is 14.3. The Hall–Kier alpha value is -3.98. The van der Waals surface area contributed by atoms with Gasteiger partial charge in [-0.2, -0.15) is 0 Å². The van der Waals surface area contributed by atoms with E-state index in [-0.39, 0.29) is 38.2 Å². The van der Waals surface area contributed by atoms with Crippen molar-refractivity contribution in [2.45, 2.75) is 70.4 Å². The molecule has 2 unspecified atom stereocenters. The summed E-state index contributed by atoms with van der Waals surface area (Å²) in [4.78, 5) is 37.7. The number of carbonyl (C=O) groups is 2. The Bertz CT molecular complexity index is 1300. The number of methoxy groups -OCH3 is 1. The fraction of sp³-hybridized carbons (Fsp3) is 0.419. The Labute approximate surface area is 234 Å². The molecule has 2 atom stereocenters. The van der Waals surface area contributed by atoms with Gasteiger partial charge in [-0.15, -0.1) is 0 Å². The molecule has 0 spiro atoms. The molecule has 1 aliphatic heterocycles. The standard InChI is InChI=1S/C31H35N3O6/c1-3-38-31(36)25-18-24-22(14-15-26(37-2)29(24)39-20-27-32-16-9-17-33-27)19-34(25)30(35)28(21-10-5-4-6-11-21)40-23-12-7-8-13-23/h4-6,9-11,14-17,23,25,28H,3,7-8,12-13,18-20H2,1-2H3. The zero-order valence-electron chi connectivity index (χ0n) is 23.0. The second-order valence-electron chi connectivity index (χ2n) is 9.96. The minimum absolute atomic E-state index is 0.0109. The van der Waals surface area contributed by atoms with Gasteiger partial charge >= 0.3 is 5.97 Å². The van der Waals surface area contributed by atoms with Crippen LogP contribution >= 0.6 is 0 Å². The van der Waals surface area contributed by atoms with Gasteiger partial charge in [0.1, 0.15) is 12.6 Å². The smallest absolute Gasteiger partial charge is 0.329 e. The number of benzene rings is 2. The number of esters is 1. The summed E-state index contributed by atoms with van der Waals surface area (Å²) in [5, 5.41) is 0. The second-order valence-corrected chi connectivity index (χ2v) is 9.96. The van der Waals surface area contributed by atoms with Crippen molar-refractivity contribution in [2.24, 2.45) is 0 Å². The van der Waals surface area contributed by atoms with Crippen molar-refractivity contribution in [1.29, 1.82) is 0 Å². The highest BCUT2D eigenvalue weighted by Crippen LogP contribution is 2.40. The first kappa shape index (κ1) is 27.6. The number of fused-ring (bicyclic) bond motifs is 1. The highest BCUT2D eigenvalue weighted by atomic mass is 16.5. The Morgan fingerprint density at radius 1 is 1.02 bits per heavy atom. The molecule has 2 heterocycles. The number of ether oxygens (including phenoxy) is 4. The predicted octanol–water partition coefficient (Wildman–Crippen LogP) is 4.58. The van der Waals surface area contributed by atoms with Crippen LogP contribution in [0.4, 0.5) is 0 Å². The van der Waals surface area contributed by atoms with Gasteiger partial charge in [0.05, 0.1) is 19.8 Å². The van der Waals surface area contributed by atoms with Crippen LogP contribution in [-0.2, 0) is 38.6 Å². The molecule has 9 nitrogen and oxygen atoms in total. The molecule has 0 radical (unpaired) electrons. The van der Waals surface area contributed by atoms with Crippen molar-refractivity contribution in [1.82, 2.24) is 14.9 Å². The van der Waals surface area contributed by atoms with Gasteiger partial charge in [-0.25, -0.2) is 14.8 Å². The van der Waals surface area contributed by atoms with E-state index >= 15 is 0 Å². The van der Waals surface area contributed by atoms with Crippen LogP contribution in [0.2, 0.25) is 0 Å². The molecule has 3 aromatic rings. The van der Waals surface area contributed by atoms with Crippen LogP contribution in [0.5, 0.6) is 11.5 Å². The van der Waals surface area contributed by atoms with E-state index in [1.807, 2.05) is 42.5 Å². The topological polar surface area (TPSA) is 100 Å². The Morgan fingerprint density at radius 3 is 2.48 bits per heavy atom. The SMILES string of the molecule is CCOC(=O)C1Cc2c(ccc(OC)c2OCc2ncccn2)CN1C(=O)C(OC1CCCC1)c1ccccc1. The van der Waals surface area contributed by atoms with Crippen LogP contribution < -0.4 is 9.47 Å². The van der Waals surface area contributed by atoms with Crippen LogP contribution in [0, 0.1) is 0 Å². The second kappa shape index (κ2) is 12.9. The molecule has 5 rings (SSSR count). The number of hydrogen-bond acceptors (Lipinski definition) is 8. The van der Waals surface area contributed by atoms with Gasteiger partial charge in [-0.3, -0.25) is 4.79 Å². The third-order valence-corrected chi connectivity index (χ3v) is 7.42. The summed E-state index contributed by atoms with van der Waals surface area (Å²) in [6.45, 7) is 2.30. The van der Waals surface area contributed by atoms with Crippen molar-refractivity contribution in [2.75, 3.05) is 13.7 Å². The van der Waals surface area contributed by atoms with E-state index in [1.165, 1.54) is 0 Å². The molecule has 0 N–H and O–H groups in total. The molecule has 210 valence electrons. The zero-order valence-corrected chi connectivity index (χ0v) is 23.0. The highest BCUT2D eigenvalue weighted by molar-refractivity contribution is 5.89. The summed E-state index contributed by atoms with van der Waals surface area (Å²) >= 11 is 0. The quantitative estimate of drug-likeness (QED) is 0.341. The van der Waals surface area contributed by atoms with Crippen LogP contribution in [0.15, 0.2) is 60.9 Å². The van der Waals surface area contributed by atoms with Gasteiger partial charge in [0.15, 0.2) is 23.4 Å². The van der Waals surface area contributed by atoms with Crippen LogP contribution in [0.25, 0.3) is 0 Å². The fourth-order valence-corrected chi connectivity index (χ4v) is 5.43. The maximum atomic E-state index is 14.3. The molecule has 1 aromatic heterocycles. The van der Waals surface area contributed by atoms with E-state index < -0.39 is 18.1 Å². The molecule has 0 saturated heterocycles. The minimum atomic E-state index is -0.847. The van der Waals surface area contributed by atoms with Gasteiger partial charge < -0.3 is 23.8 Å². The maximum Gasteiger partial charge on any atom is 0.329 e. The van der Waals surface area contributed by atoms with E-state index in [4.69, 9.17) is 18.9 Å². The van der Waals surface area contributed by atoms with Crippen molar-refractivity contribution in [3.05, 3.63) is 83.4 Å². The molecule has 1 fully saturated rings. The van der Waals surface area contributed by atoms with E-state index in [2.05, 4.69) is 9.97 Å². The molecular weight excluding hydrogens is 510 g/mol. The molecule has 1 amide bonds. The number of nitrogens with zero attached hydrogens (tertiary/aromatic N) is 3. The summed E-state index contributed by atoms with van der Waals surface area (Å²) in [6, 6.07) is 14.1. The summed E-state index contributed by atoms with van der Waals surface area (Å²) < 4.78 is 23.7. The van der Waals surface area contributed by atoms with Crippen LogP contribution in [0.1, 0.15) is 61.2 Å². The van der Waals surface area contributed by atoms with Gasteiger partial charge in [-0.05, 0) is 43.0 Å². The normalized spacial score (nSPS) is 17.6. The molecule has 2 aromatic carbocycles. The summed E-state index contributed by atoms with van der Waals surface area (Å²) in [6.07, 6.45) is 6.74. The lowest BCUT2D eigenvalue weighted by atomic mass is 9.91. The monoisotopic (exact) mass is 545 g/mol. The molecule has 1 saturated carbocycles. The van der Waals surface area contributed by atoms with E-state index in [0.29, 0.717) is 17.3 Å². The Morgan fingerprint density at radius 2 is 1.77 bits per heavy atom. The molecule has 9 heteroatoms. The first-order valence-electron chi connectivity index (χ1n) is 13.8. The highest BCUT2D eigenvalue weighted by Gasteiger charge is 2.41. The van der Waals surface area contributed by atoms with Gasteiger partial charge in [-0.1, -0.05) is 49.2 Å². The minimum Gasteiger partial charge on any atom is -0.493 e. The summed E-state index contributed by atoms with van der Waals surface area (Å²) in [5.41, 5.74) is 2.44. The number of rotatable bonds is 10. The largest absolute Gasteiger partial charge is 0.493 e. The van der Waals surface area contributed by atoms with Gasteiger partial charge in [0.25, 0.3) is 5.91 Å². The molecule has 0 bridgehead atoms. The number of hydrogen-bond donors (Lipinski definition) is 0. The van der Waals surface area contributed by atoms with Gasteiger partial charge in [0, 0.05) is 30.9 Å². The van der Waals surface area contributed by atoms with Gasteiger partial charge in [0.2, 0.25) is 0 Å². The summed E-state index contributed by atoms with van der Waals surface area (Å²) in [5.74, 6) is 0.845. The average molecular weight is 546 g/mol. The fourth-order valence-electron chi connectivity index (χ4n) is 5.43. The first-order valence-corrected chi connectivity index (χ1v) is 13.8. The number of aromatic nitrogens is 2. The molecular formula is C31H35N3O6. The average Bonchev–Trinajstić information content (AvgIpc) is 3.52. The molecule has 40 heavy (non-hydrogen) atoms. The first-order chi connectivity index (χ1) is 19.6. The lowest BCUT2D eigenvalue weighted by molar-refractivity contribution is -0.163. The lowest BCUT2D eigenvalue weighted by Gasteiger charge is -2.38. The molecule has 2 aliphatic rings. The van der Waals surface area contributed by atoms with Crippen molar-refractivity contribution in [3.8, 4) is 11.5 Å². The lowest BCUT2D eigenvalue weighted by Crippen LogP contribution is -2.51. The van der Waals surface area contributed by atoms with Crippen molar-refractivity contribution in [3.63, 3.8) is 0 Å². The van der Waals surface area contributed by atoms with E-state index in [0.717, 1.165) is 42.4 Å². The zero-order chi connectivity index (χ0) is 27.9. The van der Waals surface area contributed by atoms with Crippen LogP contribution in [0.3, 0.4) is 0 Å². The molecule has 1 aliphatic carbocycles. The van der Waals surface area contributed by atoms with Crippen molar-refractivity contribution >= 4 is 11.9 Å². The Kier molecular flexibility index (Phi) is 8.91. The van der Waals surface area contributed by atoms with E-state index in [1.54, 1.807) is 37.4 Å². The summed E-state index contributed by atoms with van der Waals surface area (Å²) in [7, 11) is 1.57. The third kappa shape index (κ3) is 6.09. The predicted molar refractivity (Wildman–Crippen MR) is 147 cm³/mol. The third-order valence-electron chi connectivity index (χ3n) is 7.42. The number of carbonyl (C=O) groups excluding carboxylic acids is 2. The van der Waals surface area contributed by atoms with Crippen LogP contribution in [-0.4, -0.2) is 52.6 Å². The van der Waals surface area contributed by atoms with Crippen molar-refractivity contribution < 1.29 is 28.5 Å². The van der Waals surface area contributed by atoms with E-state index in [9.17, 15) is 9.59 Å². The number of amides is 1.